The van der Waals surface area contributed by atoms with Gasteiger partial charge >= 0.3 is 8.56 Å². The Morgan fingerprint density at radius 3 is 2.18 bits per heavy atom. The molecule has 11 heavy (non-hydrogen) atoms. The molecule has 2 aliphatic rings. The van der Waals surface area contributed by atoms with Gasteiger partial charge in [0.25, 0.3) is 0 Å². The molecule has 0 bridgehead atoms. The summed E-state index contributed by atoms with van der Waals surface area (Å²) in [4.78, 5) is 0. The number of rotatable bonds is 3. The largest absolute Gasteiger partial charge is 0.398 e. The second kappa shape index (κ2) is 2.88. The molecule has 1 heterocycles. The molecular weight excluding hydrogens is 156 g/mol. The van der Waals surface area contributed by atoms with Crippen LogP contribution < -0.4 is 0 Å². The van der Waals surface area contributed by atoms with Crippen molar-refractivity contribution in [3.05, 3.63) is 0 Å². The summed E-state index contributed by atoms with van der Waals surface area (Å²) in [7, 11) is 0.274. The minimum atomic E-state index is -1.55. The van der Waals surface area contributed by atoms with E-state index in [1.807, 2.05) is 7.11 Å². The van der Waals surface area contributed by atoms with Crippen LogP contribution >= 0.6 is 0 Å². The Bertz CT molecular complexity index is 136. The lowest BCUT2D eigenvalue weighted by molar-refractivity contribution is 0.0629. The maximum Gasteiger partial charge on any atom is 0.338 e. The molecule has 2 nitrogen and oxygen atoms in total. The van der Waals surface area contributed by atoms with Crippen molar-refractivity contribution in [1.29, 1.82) is 0 Å². The monoisotopic (exact) mass is 172 g/mol. The van der Waals surface area contributed by atoms with Gasteiger partial charge in [0.2, 0.25) is 0 Å². The summed E-state index contributed by atoms with van der Waals surface area (Å²) < 4.78 is 11.5. The first-order chi connectivity index (χ1) is 5.35. The van der Waals surface area contributed by atoms with Crippen molar-refractivity contribution >= 4 is 8.56 Å². The van der Waals surface area contributed by atoms with Gasteiger partial charge in [-0.05, 0) is 37.8 Å². The summed E-state index contributed by atoms with van der Waals surface area (Å²) in [5.41, 5.74) is 0. The summed E-state index contributed by atoms with van der Waals surface area (Å²) in [6.07, 6.45) is 5.81. The molecule has 0 N–H and O–H groups in total. The highest BCUT2D eigenvalue weighted by molar-refractivity contribution is 6.70. The van der Waals surface area contributed by atoms with Gasteiger partial charge in [0.15, 0.2) is 0 Å². The second-order valence-electron chi connectivity index (χ2n) is 3.64. The van der Waals surface area contributed by atoms with E-state index in [0.717, 1.165) is 0 Å². The Hall–Kier alpha value is 0.137. The van der Waals surface area contributed by atoms with E-state index in [2.05, 4.69) is 0 Å². The van der Waals surface area contributed by atoms with Crippen LogP contribution in [0.3, 0.4) is 0 Å². The zero-order valence-corrected chi connectivity index (χ0v) is 8.14. The summed E-state index contributed by atoms with van der Waals surface area (Å²) in [5, 5.41) is 0. The molecule has 0 aromatic rings. The summed E-state index contributed by atoms with van der Waals surface area (Å²) >= 11 is 0. The van der Waals surface area contributed by atoms with Gasteiger partial charge < -0.3 is 8.85 Å². The van der Waals surface area contributed by atoms with Gasteiger partial charge in [-0.25, -0.2) is 0 Å². The Kier molecular flexibility index (Phi) is 2.04. The maximum absolute atomic E-state index is 5.98. The Morgan fingerprint density at radius 2 is 1.91 bits per heavy atom. The van der Waals surface area contributed by atoms with Crippen molar-refractivity contribution < 1.29 is 8.85 Å². The average molecular weight is 172 g/mol. The van der Waals surface area contributed by atoms with Crippen LogP contribution in [-0.2, 0) is 8.85 Å². The molecule has 0 amide bonds. The fourth-order valence-corrected chi connectivity index (χ4v) is 4.14. The zero-order valence-electron chi connectivity index (χ0n) is 7.14. The van der Waals surface area contributed by atoms with E-state index in [-0.39, 0.29) is 0 Å². The Morgan fingerprint density at radius 1 is 1.18 bits per heavy atom. The fourth-order valence-electron chi connectivity index (χ4n) is 1.63. The third-order valence-electron chi connectivity index (χ3n) is 2.92. The molecule has 1 saturated heterocycles. The molecule has 64 valence electrons. The summed E-state index contributed by atoms with van der Waals surface area (Å²) in [6, 6.07) is 2.47. The van der Waals surface area contributed by atoms with Crippen LogP contribution in [-0.4, -0.2) is 21.8 Å². The lowest BCUT2D eigenvalue weighted by atomic mass is 9.97. The Balaban J connectivity index is 1.81. The summed E-state index contributed by atoms with van der Waals surface area (Å²) in [6.45, 7) is 0. The van der Waals surface area contributed by atoms with Crippen LogP contribution in [0, 0.1) is 0 Å². The number of hydrogen-bond donors (Lipinski definition) is 0. The van der Waals surface area contributed by atoms with E-state index in [9.17, 15) is 0 Å². The highest BCUT2D eigenvalue weighted by Gasteiger charge is 2.46. The minimum Gasteiger partial charge on any atom is -0.398 e. The minimum absolute atomic E-state index is 0.571. The van der Waals surface area contributed by atoms with Crippen molar-refractivity contribution in [3.63, 3.8) is 0 Å². The average Bonchev–Trinajstić information content (AvgIpc) is 1.83. The van der Waals surface area contributed by atoms with Crippen molar-refractivity contribution in [2.75, 3.05) is 7.11 Å². The smallest absolute Gasteiger partial charge is 0.338 e. The zero-order chi connectivity index (χ0) is 7.73. The van der Waals surface area contributed by atoms with E-state index in [1.165, 1.54) is 37.8 Å². The molecule has 0 spiro atoms. The first-order valence-electron chi connectivity index (χ1n) is 4.58. The van der Waals surface area contributed by atoms with E-state index >= 15 is 0 Å². The predicted octanol–water partition coefficient (Wildman–Crippen LogP) is 2.05. The molecule has 2 fully saturated rings. The molecule has 0 aromatic heterocycles. The van der Waals surface area contributed by atoms with Crippen LogP contribution in [0.5, 0.6) is 0 Å². The molecule has 1 aliphatic heterocycles. The third-order valence-corrected chi connectivity index (χ3v) is 6.66. The lowest BCUT2D eigenvalue weighted by Gasteiger charge is -2.42. The SMILES string of the molecule is CO[Si]1(OC2CCC2)CCC1. The molecule has 1 saturated carbocycles. The van der Waals surface area contributed by atoms with Gasteiger partial charge in [-0.3, -0.25) is 0 Å². The van der Waals surface area contributed by atoms with E-state index in [4.69, 9.17) is 8.85 Å². The Labute approximate surface area is 69.1 Å². The molecule has 3 heteroatoms. The van der Waals surface area contributed by atoms with Crippen molar-refractivity contribution in [3.8, 4) is 0 Å². The highest BCUT2D eigenvalue weighted by atomic mass is 28.4. The van der Waals surface area contributed by atoms with E-state index in [1.54, 1.807) is 0 Å². The van der Waals surface area contributed by atoms with Crippen molar-refractivity contribution in [2.24, 2.45) is 0 Å². The van der Waals surface area contributed by atoms with Crippen LogP contribution in [0.15, 0.2) is 0 Å². The van der Waals surface area contributed by atoms with Gasteiger partial charge in [-0.2, -0.15) is 0 Å². The maximum atomic E-state index is 5.98. The van der Waals surface area contributed by atoms with Gasteiger partial charge in [0.05, 0.1) is 0 Å². The molecule has 0 atom stereocenters. The second-order valence-corrected chi connectivity index (χ2v) is 7.10. The predicted molar refractivity (Wildman–Crippen MR) is 45.7 cm³/mol. The van der Waals surface area contributed by atoms with Gasteiger partial charge in [0, 0.05) is 13.2 Å². The van der Waals surface area contributed by atoms with Crippen molar-refractivity contribution in [1.82, 2.24) is 0 Å². The quantitative estimate of drug-likeness (QED) is 0.607. The van der Waals surface area contributed by atoms with E-state index < -0.39 is 8.56 Å². The standard InChI is InChI=1S/C8H16O2Si/c1-9-11(6-3-7-11)10-8-4-2-5-8/h8H,2-7H2,1H3. The first kappa shape index (κ1) is 7.77. The summed E-state index contributed by atoms with van der Waals surface area (Å²) in [5.74, 6) is 0. The normalized spacial score (nSPS) is 29.2. The van der Waals surface area contributed by atoms with Crippen LogP contribution in [0.25, 0.3) is 0 Å². The third kappa shape index (κ3) is 1.37. The molecule has 0 aromatic carbocycles. The van der Waals surface area contributed by atoms with Crippen molar-refractivity contribution in [2.45, 2.75) is 43.9 Å². The molecule has 0 radical (unpaired) electrons. The van der Waals surface area contributed by atoms with Gasteiger partial charge in [-0.15, -0.1) is 0 Å². The molecule has 2 rings (SSSR count). The number of hydrogen-bond acceptors (Lipinski definition) is 2. The molecule has 0 unspecified atom stereocenters. The van der Waals surface area contributed by atoms with Crippen LogP contribution in [0.2, 0.25) is 12.1 Å². The van der Waals surface area contributed by atoms with Crippen LogP contribution in [0.4, 0.5) is 0 Å². The van der Waals surface area contributed by atoms with Gasteiger partial charge in [-0.1, -0.05) is 0 Å². The molecule has 1 aliphatic carbocycles. The first-order valence-corrected chi connectivity index (χ1v) is 6.81. The van der Waals surface area contributed by atoms with E-state index in [0.29, 0.717) is 6.10 Å². The topological polar surface area (TPSA) is 18.5 Å². The highest BCUT2D eigenvalue weighted by Crippen LogP contribution is 2.38. The van der Waals surface area contributed by atoms with Gasteiger partial charge in [0.1, 0.15) is 0 Å². The molecular formula is C8H16O2Si. The fraction of sp³-hybridized carbons (Fsp3) is 1.00. The van der Waals surface area contributed by atoms with Crippen LogP contribution in [0.1, 0.15) is 25.7 Å². The lowest BCUT2D eigenvalue weighted by Crippen LogP contribution is -2.51.